The molecule has 0 bridgehead atoms. The van der Waals surface area contributed by atoms with E-state index in [9.17, 15) is 0 Å². The van der Waals surface area contributed by atoms with Gasteiger partial charge in [-0.25, -0.2) is 4.98 Å². The minimum atomic E-state index is 0.463. The molecule has 1 saturated heterocycles. The first kappa shape index (κ1) is 21.2. The van der Waals surface area contributed by atoms with Crippen LogP contribution in [0.3, 0.4) is 0 Å². The van der Waals surface area contributed by atoms with Crippen LogP contribution in [0, 0.1) is 12.8 Å². The molecule has 1 aliphatic rings. The number of benzene rings is 2. The number of nitrogens with one attached hydrogen (secondary N) is 1. The van der Waals surface area contributed by atoms with E-state index in [2.05, 4.69) is 35.0 Å². The summed E-state index contributed by atoms with van der Waals surface area (Å²) in [5.74, 6) is 2.73. The van der Waals surface area contributed by atoms with Crippen LogP contribution in [-0.4, -0.2) is 22.6 Å². The first-order valence-electron chi connectivity index (χ1n) is 11.2. The van der Waals surface area contributed by atoms with Crippen molar-refractivity contribution in [3.8, 4) is 5.75 Å². The highest BCUT2D eigenvalue weighted by atomic mass is 35.5. The van der Waals surface area contributed by atoms with Crippen molar-refractivity contribution in [2.45, 2.75) is 58.6 Å². The summed E-state index contributed by atoms with van der Waals surface area (Å²) in [5.41, 5.74) is 3.51. The lowest BCUT2D eigenvalue weighted by Crippen LogP contribution is -2.27. The Balaban J connectivity index is 1.39. The summed E-state index contributed by atoms with van der Waals surface area (Å²) in [6, 6.07) is 13.9. The molecule has 0 unspecified atom stereocenters. The molecule has 30 heavy (non-hydrogen) atoms. The first-order valence-corrected chi connectivity index (χ1v) is 11.6. The van der Waals surface area contributed by atoms with Crippen molar-refractivity contribution >= 4 is 22.6 Å². The van der Waals surface area contributed by atoms with Crippen LogP contribution in [0.4, 0.5) is 0 Å². The Morgan fingerprint density at radius 2 is 1.87 bits per heavy atom. The van der Waals surface area contributed by atoms with Crippen LogP contribution in [0.2, 0.25) is 5.02 Å². The molecule has 1 N–H and O–H groups in total. The van der Waals surface area contributed by atoms with Gasteiger partial charge in [0.15, 0.2) is 0 Å². The number of piperidine rings is 1. The van der Waals surface area contributed by atoms with E-state index in [0.717, 1.165) is 34.6 Å². The van der Waals surface area contributed by atoms with Gasteiger partial charge in [0.25, 0.3) is 0 Å². The van der Waals surface area contributed by atoms with Gasteiger partial charge in [-0.3, -0.25) is 0 Å². The van der Waals surface area contributed by atoms with Crippen LogP contribution in [0.25, 0.3) is 11.0 Å². The summed E-state index contributed by atoms with van der Waals surface area (Å²) in [5, 5.41) is 4.18. The highest BCUT2D eigenvalue weighted by molar-refractivity contribution is 6.30. The van der Waals surface area contributed by atoms with Crippen molar-refractivity contribution in [2.75, 3.05) is 13.1 Å². The summed E-state index contributed by atoms with van der Waals surface area (Å²) in [6.45, 7) is 5.98. The highest BCUT2D eigenvalue weighted by Crippen LogP contribution is 2.24. The third kappa shape index (κ3) is 5.35. The van der Waals surface area contributed by atoms with Crippen LogP contribution in [0.15, 0.2) is 42.5 Å². The van der Waals surface area contributed by atoms with Crippen LogP contribution >= 0.6 is 11.6 Å². The van der Waals surface area contributed by atoms with Gasteiger partial charge in [-0.05, 0) is 81.1 Å². The van der Waals surface area contributed by atoms with E-state index in [-0.39, 0.29) is 0 Å². The number of aryl methyl sites for hydroxylation is 2. The Hall–Kier alpha value is -2.04. The lowest BCUT2D eigenvalue weighted by molar-refractivity contribution is 0.289. The molecule has 1 aromatic heterocycles. The molecule has 1 fully saturated rings. The Kier molecular flexibility index (Phi) is 7.29. The number of halogens is 1. The molecule has 4 rings (SSSR count). The van der Waals surface area contributed by atoms with Gasteiger partial charge in [-0.2, -0.15) is 0 Å². The monoisotopic (exact) mass is 425 g/mol. The molecule has 0 amide bonds. The molecule has 5 heteroatoms. The molecule has 1 aliphatic heterocycles. The Morgan fingerprint density at radius 1 is 1.07 bits per heavy atom. The molecule has 0 aliphatic carbocycles. The number of hydrogen-bond acceptors (Lipinski definition) is 3. The third-order valence-electron chi connectivity index (χ3n) is 6.19. The van der Waals surface area contributed by atoms with Crippen molar-refractivity contribution in [1.82, 2.24) is 14.9 Å². The average Bonchev–Trinajstić information content (AvgIpc) is 3.13. The second-order valence-corrected chi connectivity index (χ2v) is 8.84. The average molecular weight is 426 g/mol. The number of aromatic nitrogens is 2. The van der Waals surface area contributed by atoms with Gasteiger partial charge in [0.05, 0.1) is 11.0 Å². The maximum Gasteiger partial charge on any atom is 0.148 e. The zero-order valence-electron chi connectivity index (χ0n) is 17.9. The van der Waals surface area contributed by atoms with E-state index in [1.165, 1.54) is 62.7 Å². The first-order chi connectivity index (χ1) is 14.7. The smallest absolute Gasteiger partial charge is 0.148 e. The number of rotatable bonds is 9. The molecular formula is C25H32ClN3O. The molecule has 160 valence electrons. The quantitative estimate of drug-likeness (QED) is 0.418. The zero-order valence-corrected chi connectivity index (χ0v) is 18.6. The normalized spacial score (nSPS) is 15.0. The fourth-order valence-corrected chi connectivity index (χ4v) is 4.55. The number of unbranched alkanes of at least 4 members (excludes halogenated alkanes) is 2. The molecular weight excluding hydrogens is 394 g/mol. The largest absolute Gasteiger partial charge is 0.486 e. The van der Waals surface area contributed by atoms with Gasteiger partial charge >= 0.3 is 0 Å². The Labute approximate surface area is 184 Å². The SMILES string of the molecule is Cc1cccc2c1nc(COc1ccc(Cl)cc1)n2CCCCCC1CCNCC1. The van der Waals surface area contributed by atoms with Crippen LogP contribution in [0.1, 0.15) is 49.9 Å². The summed E-state index contributed by atoms with van der Waals surface area (Å²) in [4.78, 5) is 4.92. The molecule has 2 heterocycles. The number of para-hydroxylation sites is 1. The Morgan fingerprint density at radius 3 is 2.67 bits per heavy atom. The van der Waals surface area contributed by atoms with Gasteiger partial charge < -0.3 is 14.6 Å². The summed E-state index contributed by atoms with van der Waals surface area (Å²) < 4.78 is 8.37. The van der Waals surface area contributed by atoms with Crippen LogP contribution < -0.4 is 10.1 Å². The minimum absolute atomic E-state index is 0.463. The van der Waals surface area contributed by atoms with Crippen molar-refractivity contribution in [1.29, 1.82) is 0 Å². The molecule has 0 spiro atoms. The Bertz CT molecular complexity index is 945. The van der Waals surface area contributed by atoms with E-state index in [4.69, 9.17) is 21.3 Å². The van der Waals surface area contributed by atoms with Crippen molar-refractivity contribution in [2.24, 2.45) is 5.92 Å². The van der Waals surface area contributed by atoms with E-state index >= 15 is 0 Å². The second-order valence-electron chi connectivity index (χ2n) is 8.41. The molecule has 4 nitrogen and oxygen atoms in total. The lowest BCUT2D eigenvalue weighted by atomic mass is 9.92. The summed E-state index contributed by atoms with van der Waals surface area (Å²) in [6.07, 6.45) is 7.84. The lowest BCUT2D eigenvalue weighted by Gasteiger charge is -2.22. The fourth-order valence-electron chi connectivity index (χ4n) is 4.42. The van der Waals surface area contributed by atoms with Crippen molar-refractivity contribution in [3.63, 3.8) is 0 Å². The topological polar surface area (TPSA) is 39.1 Å². The van der Waals surface area contributed by atoms with E-state index in [0.29, 0.717) is 6.61 Å². The molecule has 0 radical (unpaired) electrons. The standard InChI is InChI=1S/C25H32ClN3O/c1-19-6-5-8-23-25(19)28-24(18-30-22-11-9-21(26)10-12-22)29(23)17-4-2-3-7-20-13-15-27-16-14-20/h5-6,8-12,20,27H,2-4,7,13-18H2,1H3. The molecule has 0 saturated carbocycles. The predicted octanol–water partition coefficient (Wildman–Crippen LogP) is 6.14. The number of fused-ring (bicyclic) bond motifs is 1. The van der Waals surface area contributed by atoms with Crippen molar-refractivity contribution in [3.05, 3.63) is 58.9 Å². The summed E-state index contributed by atoms with van der Waals surface area (Å²) in [7, 11) is 0. The van der Waals surface area contributed by atoms with E-state index in [1.54, 1.807) is 0 Å². The third-order valence-corrected chi connectivity index (χ3v) is 6.45. The van der Waals surface area contributed by atoms with Gasteiger partial charge in [0.1, 0.15) is 18.2 Å². The van der Waals surface area contributed by atoms with Gasteiger partial charge in [0.2, 0.25) is 0 Å². The fraction of sp³-hybridized carbons (Fsp3) is 0.480. The van der Waals surface area contributed by atoms with Crippen molar-refractivity contribution < 1.29 is 4.74 Å². The van der Waals surface area contributed by atoms with Gasteiger partial charge in [0, 0.05) is 11.6 Å². The highest BCUT2D eigenvalue weighted by Gasteiger charge is 2.14. The number of imidazole rings is 1. The van der Waals surface area contributed by atoms with Crippen LogP contribution in [-0.2, 0) is 13.2 Å². The maximum absolute atomic E-state index is 6.02. The summed E-state index contributed by atoms with van der Waals surface area (Å²) >= 11 is 5.98. The minimum Gasteiger partial charge on any atom is -0.486 e. The van der Waals surface area contributed by atoms with E-state index in [1.807, 2.05) is 24.3 Å². The molecule has 0 atom stereocenters. The van der Waals surface area contributed by atoms with E-state index < -0.39 is 0 Å². The second kappa shape index (κ2) is 10.3. The van der Waals surface area contributed by atoms with Gasteiger partial charge in [-0.15, -0.1) is 0 Å². The molecule has 2 aromatic carbocycles. The van der Waals surface area contributed by atoms with Crippen LogP contribution in [0.5, 0.6) is 5.75 Å². The number of nitrogens with zero attached hydrogens (tertiary/aromatic N) is 2. The van der Waals surface area contributed by atoms with Gasteiger partial charge in [-0.1, -0.05) is 43.0 Å². The number of hydrogen-bond donors (Lipinski definition) is 1. The zero-order chi connectivity index (χ0) is 20.8. The predicted molar refractivity (Wildman–Crippen MR) is 124 cm³/mol. The number of ether oxygens (including phenoxy) is 1. The molecule has 3 aromatic rings. The maximum atomic E-state index is 6.02.